The van der Waals surface area contributed by atoms with Crippen LogP contribution in [0.1, 0.15) is 38.3 Å². The Kier molecular flexibility index (Phi) is 5.56. The van der Waals surface area contributed by atoms with Crippen LogP contribution < -0.4 is 10.1 Å². The van der Waals surface area contributed by atoms with Gasteiger partial charge in [-0.1, -0.05) is 26.0 Å². The van der Waals surface area contributed by atoms with Crippen LogP contribution in [0.4, 0.5) is 0 Å². The molecule has 1 unspecified atom stereocenters. The minimum atomic E-state index is 0.419. The molecule has 1 aromatic heterocycles. The summed E-state index contributed by atoms with van der Waals surface area (Å²) in [4.78, 5) is 4.04. The summed E-state index contributed by atoms with van der Waals surface area (Å²) in [5.74, 6) is 1.60. The first-order valence-corrected chi connectivity index (χ1v) is 7.24. The summed E-state index contributed by atoms with van der Waals surface area (Å²) in [6.45, 7) is 5.43. The number of hydrogen-bond acceptors (Lipinski definition) is 3. The minimum absolute atomic E-state index is 0.419. The Morgan fingerprint density at radius 3 is 2.50 bits per heavy atom. The summed E-state index contributed by atoms with van der Waals surface area (Å²) >= 11 is 0. The third-order valence-electron chi connectivity index (χ3n) is 3.20. The van der Waals surface area contributed by atoms with Gasteiger partial charge in [-0.15, -0.1) is 0 Å². The normalized spacial score (nSPS) is 12.1. The number of ether oxygens (including phenoxy) is 1. The van der Waals surface area contributed by atoms with E-state index in [4.69, 9.17) is 4.74 Å². The van der Waals surface area contributed by atoms with Crippen molar-refractivity contribution in [2.75, 3.05) is 6.54 Å². The van der Waals surface area contributed by atoms with Gasteiger partial charge < -0.3 is 10.1 Å². The van der Waals surface area contributed by atoms with E-state index >= 15 is 0 Å². The van der Waals surface area contributed by atoms with E-state index in [1.807, 2.05) is 24.3 Å². The van der Waals surface area contributed by atoms with E-state index in [9.17, 15) is 0 Å². The van der Waals surface area contributed by atoms with Gasteiger partial charge in [0.05, 0.1) is 6.20 Å². The van der Waals surface area contributed by atoms with E-state index < -0.39 is 0 Å². The van der Waals surface area contributed by atoms with Crippen LogP contribution in [-0.2, 0) is 0 Å². The van der Waals surface area contributed by atoms with E-state index in [1.54, 1.807) is 12.4 Å². The number of pyridine rings is 1. The molecule has 3 heteroatoms. The summed E-state index contributed by atoms with van der Waals surface area (Å²) in [5.41, 5.74) is 1.31. The molecule has 2 aromatic rings. The van der Waals surface area contributed by atoms with Gasteiger partial charge in [-0.25, -0.2) is 0 Å². The van der Waals surface area contributed by atoms with Crippen LogP contribution in [0.15, 0.2) is 48.8 Å². The fourth-order valence-corrected chi connectivity index (χ4v) is 2.13. The molecule has 0 aliphatic rings. The first kappa shape index (κ1) is 14.5. The summed E-state index contributed by atoms with van der Waals surface area (Å²) in [5, 5.41) is 3.55. The van der Waals surface area contributed by atoms with Crippen LogP contribution in [0.3, 0.4) is 0 Å². The Balaban J connectivity index is 2.02. The second-order valence-corrected chi connectivity index (χ2v) is 4.77. The van der Waals surface area contributed by atoms with Gasteiger partial charge >= 0.3 is 0 Å². The smallest absolute Gasteiger partial charge is 0.145 e. The number of benzene rings is 1. The lowest BCUT2D eigenvalue weighted by atomic mass is 10.0. The average molecular weight is 270 g/mol. The van der Waals surface area contributed by atoms with Crippen LogP contribution >= 0.6 is 0 Å². The van der Waals surface area contributed by atoms with E-state index in [-0.39, 0.29) is 0 Å². The molecule has 0 spiro atoms. The van der Waals surface area contributed by atoms with Gasteiger partial charge in [0, 0.05) is 12.2 Å². The van der Waals surface area contributed by atoms with Crippen LogP contribution in [0.25, 0.3) is 0 Å². The maximum absolute atomic E-state index is 5.74. The molecule has 1 N–H and O–H groups in total. The van der Waals surface area contributed by atoms with Crippen molar-refractivity contribution in [3.05, 3.63) is 54.4 Å². The van der Waals surface area contributed by atoms with Crippen molar-refractivity contribution in [3.63, 3.8) is 0 Å². The van der Waals surface area contributed by atoms with Crippen LogP contribution in [-0.4, -0.2) is 11.5 Å². The Morgan fingerprint density at radius 2 is 1.90 bits per heavy atom. The standard InChI is InChI=1S/C17H22N2O/c1-3-11-19-17(4-2)14-7-9-15(10-8-14)20-16-6-5-12-18-13-16/h5-10,12-13,17,19H,3-4,11H2,1-2H3. The largest absolute Gasteiger partial charge is 0.456 e. The maximum Gasteiger partial charge on any atom is 0.145 e. The first-order chi connectivity index (χ1) is 9.83. The van der Waals surface area contributed by atoms with Gasteiger partial charge in [-0.3, -0.25) is 4.98 Å². The van der Waals surface area contributed by atoms with Crippen molar-refractivity contribution in [2.24, 2.45) is 0 Å². The third kappa shape index (κ3) is 4.07. The Hall–Kier alpha value is -1.87. The molecular formula is C17H22N2O. The van der Waals surface area contributed by atoms with Gasteiger partial charge in [-0.05, 0) is 49.2 Å². The number of hydrogen-bond donors (Lipinski definition) is 1. The van der Waals surface area contributed by atoms with E-state index in [1.165, 1.54) is 5.56 Å². The second kappa shape index (κ2) is 7.65. The Bertz CT molecular complexity index is 496. The molecule has 1 atom stereocenters. The highest BCUT2D eigenvalue weighted by atomic mass is 16.5. The lowest BCUT2D eigenvalue weighted by Crippen LogP contribution is -2.21. The topological polar surface area (TPSA) is 34.1 Å². The van der Waals surface area contributed by atoms with Crippen molar-refractivity contribution in [1.82, 2.24) is 10.3 Å². The van der Waals surface area contributed by atoms with E-state index in [0.717, 1.165) is 30.9 Å². The molecule has 0 saturated heterocycles. The van der Waals surface area contributed by atoms with Gasteiger partial charge in [0.25, 0.3) is 0 Å². The predicted molar refractivity (Wildman–Crippen MR) is 82.1 cm³/mol. The molecule has 0 saturated carbocycles. The number of nitrogens with one attached hydrogen (secondary N) is 1. The minimum Gasteiger partial charge on any atom is -0.456 e. The van der Waals surface area contributed by atoms with Crippen molar-refractivity contribution < 1.29 is 4.74 Å². The van der Waals surface area contributed by atoms with Crippen LogP contribution in [0.5, 0.6) is 11.5 Å². The van der Waals surface area contributed by atoms with Crippen molar-refractivity contribution in [2.45, 2.75) is 32.7 Å². The highest BCUT2D eigenvalue weighted by molar-refractivity contribution is 5.32. The molecule has 0 aliphatic heterocycles. The predicted octanol–water partition coefficient (Wildman–Crippen LogP) is 4.32. The maximum atomic E-state index is 5.74. The molecule has 0 amide bonds. The molecule has 0 radical (unpaired) electrons. The summed E-state index contributed by atoms with van der Waals surface area (Å²) < 4.78 is 5.74. The Labute approximate surface area is 121 Å². The SMILES string of the molecule is CCCNC(CC)c1ccc(Oc2cccnc2)cc1. The molecule has 0 bridgehead atoms. The molecule has 2 rings (SSSR count). The lowest BCUT2D eigenvalue weighted by molar-refractivity contribution is 0.478. The zero-order valence-corrected chi connectivity index (χ0v) is 12.2. The van der Waals surface area contributed by atoms with Gasteiger partial charge in [-0.2, -0.15) is 0 Å². The quantitative estimate of drug-likeness (QED) is 0.813. The molecular weight excluding hydrogens is 248 g/mol. The molecule has 1 aromatic carbocycles. The van der Waals surface area contributed by atoms with Crippen molar-refractivity contribution >= 4 is 0 Å². The van der Waals surface area contributed by atoms with Gasteiger partial charge in [0.2, 0.25) is 0 Å². The molecule has 0 fully saturated rings. The zero-order chi connectivity index (χ0) is 14.2. The van der Waals surface area contributed by atoms with Crippen molar-refractivity contribution in [3.8, 4) is 11.5 Å². The van der Waals surface area contributed by atoms with E-state index in [2.05, 4.69) is 36.3 Å². The second-order valence-electron chi connectivity index (χ2n) is 4.77. The fourth-order valence-electron chi connectivity index (χ4n) is 2.13. The van der Waals surface area contributed by atoms with Crippen molar-refractivity contribution in [1.29, 1.82) is 0 Å². The van der Waals surface area contributed by atoms with Crippen LogP contribution in [0, 0.1) is 0 Å². The highest BCUT2D eigenvalue weighted by Crippen LogP contribution is 2.23. The fraction of sp³-hybridized carbons (Fsp3) is 0.353. The van der Waals surface area contributed by atoms with Gasteiger partial charge in [0.1, 0.15) is 11.5 Å². The monoisotopic (exact) mass is 270 g/mol. The zero-order valence-electron chi connectivity index (χ0n) is 12.2. The molecule has 1 heterocycles. The summed E-state index contributed by atoms with van der Waals surface area (Å²) in [6.07, 6.45) is 5.69. The van der Waals surface area contributed by atoms with E-state index in [0.29, 0.717) is 6.04 Å². The van der Waals surface area contributed by atoms with Crippen LogP contribution in [0.2, 0.25) is 0 Å². The Morgan fingerprint density at radius 1 is 1.10 bits per heavy atom. The lowest BCUT2D eigenvalue weighted by Gasteiger charge is -2.17. The highest BCUT2D eigenvalue weighted by Gasteiger charge is 2.08. The summed E-state index contributed by atoms with van der Waals surface area (Å²) in [6, 6.07) is 12.5. The molecule has 0 aliphatic carbocycles. The third-order valence-corrected chi connectivity index (χ3v) is 3.20. The average Bonchev–Trinajstić information content (AvgIpc) is 2.50. The first-order valence-electron chi connectivity index (χ1n) is 7.24. The summed E-state index contributed by atoms with van der Waals surface area (Å²) in [7, 11) is 0. The molecule has 3 nitrogen and oxygen atoms in total. The van der Waals surface area contributed by atoms with Gasteiger partial charge in [0.15, 0.2) is 0 Å². The number of aromatic nitrogens is 1. The molecule has 106 valence electrons. The number of nitrogens with zero attached hydrogens (tertiary/aromatic N) is 1. The molecule has 20 heavy (non-hydrogen) atoms. The number of rotatable bonds is 7.